The summed E-state index contributed by atoms with van der Waals surface area (Å²) in [4.78, 5) is 13.7. The van der Waals surface area contributed by atoms with Crippen molar-refractivity contribution in [3.05, 3.63) is 40.8 Å². The van der Waals surface area contributed by atoms with Gasteiger partial charge in [-0.3, -0.25) is 10.00 Å². The molecule has 4 aromatic rings. The number of nitrogens with zero attached hydrogens (tertiary/aromatic N) is 5. The van der Waals surface area contributed by atoms with E-state index >= 15 is 4.39 Å². The van der Waals surface area contributed by atoms with Gasteiger partial charge in [-0.15, -0.1) is 0 Å². The highest BCUT2D eigenvalue weighted by molar-refractivity contribution is 6.33. The molecule has 8 rings (SSSR count). The number of fused-ring (bicyclic) bond motifs is 3. The van der Waals surface area contributed by atoms with Gasteiger partial charge >= 0.3 is 6.01 Å². The Kier molecular flexibility index (Phi) is 6.60. The van der Waals surface area contributed by atoms with Crippen molar-refractivity contribution in [2.45, 2.75) is 75.6 Å². The molecule has 1 saturated carbocycles. The molecule has 11 heteroatoms. The first-order valence-corrected chi connectivity index (χ1v) is 16.2. The third-order valence-electron chi connectivity index (χ3n) is 10.5. The third kappa shape index (κ3) is 4.63. The number of halogens is 3. The Hall–Kier alpha value is -3.08. The molecule has 4 fully saturated rings. The van der Waals surface area contributed by atoms with Crippen LogP contribution in [0.5, 0.6) is 6.01 Å². The van der Waals surface area contributed by atoms with E-state index in [0.717, 1.165) is 54.3 Å². The Balaban J connectivity index is 1.28. The van der Waals surface area contributed by atoms with Crippen molar-refractivity contribution < 1.29 is 18.6 Å². The molecule has 0 unspecified atom stereocenters. The van der Waals surface area contributed by atoms with E-state index in [1.54, 1.807) is 12.3 Å². The highest BCUT2D eigenvalue weighted by atomic mass is 35.5. The van der Waals surface area contributed by atoms with Crippen LogP contribution in [0.4, 0.5) is 14.6 Å². The number of ether oxygens (including phenoxy) is 1. The molecule has 0 amide bonds. The minimum absolute atomic E-state index is 0.0629. The van der Waals surface area contributed by atoms with Crippen LogP contribution in [0.3, 0.4) is 0 Å². The second-order valence-electron chi connectivity index (χ2n) is 13.8. The number of hydrogen-bond donors (Lipinski definition) is 2. The summed E-state index contributed by atoms with van der Waals surface area (Å²) in [5, 5.41) is 20.1. The lowest BCUT2D eigenvalue weighted by Crippen LogP contribution is -2.46. The number of alkyl halides is 1. The molecular weight excluding hydrogens is 586 g/mol. The zero-order valence-electron chi connectivity index (χ0n) is 25.0. The number of aromatic nitrogens is 4. The van der Waals surface area contributed by atoms with Gasteiger partial charge in [-0.25, -0.2) is 8.78 Å². The van der Waals surface area contributed by atoms with E-state index in [0.29, 0.717) is 60.2 Å². The van der Waals surface area contributed by atoms with Crippen LogP contribution < -0.4 is 9.64 Å². The molecule has 0 bridgehead atoms. The molecule has 2 aromatic carbocycles. The van der Waals surface area contributed by atoms with Gasteiger partial charge in [0.2, 0.25) is 0 Å². The summed E-state index contributed by atoms with van der Waals surface area (Å²) >= 11 is 6.85. The van der Waals surface area contributed by atoms with Gasteiger partial charge in [0.25, 0.3) is 0 Å². The van der Waals surface area contributed by atoms with Crippen LogP contribution >= 0.6 is 11.6 Å². The Morgan fingerprint density at radius 1 is 1.18 bits per heavy atom. The van der Waals surface area contributed by atoms with Crippen LogP contribution in [0, 0.1) is 11.7 Å². The van der Waals surface area contributed by atoms with E-state index in [2.05, 4.69) is 27.0 Å². The van der Waals surface area contributed by atoms with Gasteiger partial charge in [-0.1, -0.05) is 24.6 Å². The first-order valence-electron chi connectivity index (χ1n) is 15.8. The van der Waals surface area contributed by atoms with Crippen LogP contribution in [-0.2, 0) is 0 Å². The number of hydrogen-bond acceptors (Lipinski definition) is 7. The summed E-state index contributed by atoms with van der Waals surface area (Å²) in [6.07, 6.45) is 5.53. The summed E-state index contributed by atoms with van der Waals surface area (Å²) in [6.45, 7) is 6.52. The lowest BCUT2D eigenvalue weighted by molar-refractivity contribution is 0.0447. The summed E-state index contributed by atoms with van der Waals surface area (Å²) in [5.41, 5.74) is 1.67. The predicted molar refractivity (Wildman–Crippen MR) is 167 cm³/mol. The maximum Gasteiger partial charge on any atom is 0.319 e. The first kappa shape index (κ1) is 28.4. The van der Waals surface area contributed by atoms with E-state index in [1.165, 1.54) is 0 Å². The van der Waals surface area contributed by atoms with Crippen molar-refractivity contribution in [2.75, 3.05) is 37.7 Å². The number of β-amino-alcohol motifs (C(OH)–C–C–N with tert-alkyl or cyclic N) is 1. The number of aromatic amines is 1. The van der Waals surface area contributed by atoms with Crippen molar-refractivity contribution in [1.82, 2.24) is 25.1 Å². The summed E-state index contributed by atoms with van der Waals surface area (Å²) < 4.78 is 37.8. The van der Waals surface area contributed by atoms with Gasteiger partial charge in [0.05, 0.1) is 22.9 Å². The quantitative estimate of drug-likeness (QED) is 0.257. The van der Waals surface area contributed by atoms with Crippen molar-refractivity contribution in [1.29, 1.82) is 0 Å². The molecule has 2 aromatic heterocycles. The van der Waals surface area contributed by atoms with Gasteiger partial charge in [0.1, 0.15) is 24.1 Å². The van der Waals surface area contributed by atoms with Crippen molar-refractivity contribution in [2.24, 2.45) is 5.92 Å². The highest BCUT2D eigenvalue weighted by Crippen LogP contribution is 2.54. The fourth-order valence-corrected chi connectivity index (χ4v) is 8.47. The van der Waals surface area contributed by atoms with Crippen LogP contribution in [0.1, 0.15) is 63.9 Å². The standard InChI is InChI=1S/C33H37ClF2N6O2/c1-18-11-22(18)27-24(34)12-25-23(14-37-40-25)26(27)20-5-6-21-29(28(20)36)38-31(39-30(21)41-9-3-7-32(2,43)16-41)44-17-33-8-4-10-42(33)15-19(35)13-33/h5-6,12,14,18-19,22,43H,3-4,7-11,13,15-17H2,1-2H3,(H,37,40)/t18-,19-,22+,32-,33+/m1/s1. The first-order chi connectivity index (χ1) is 21.1. The summed E-state index contributed by atoms with van der Waals surface area (Å²) in [5.74, 6) is 0.738. The molecule has 5 heterocycles. The van der Waals surface area contributed by atoms with Gasteiger partial charge < -0.3 is 14.7 Å². The highest BCUT2D eigenvalue weighted by Gasteiger charge is 2.49. The van der Waals surface area contributed by atoms with Gasteiger partial charge in [-0.05, 0) is 75.1 Å². The lowest BCUT2D eigenvalue weighted by Gasteiger charge is -2.38. The van der Waals surface area contributed by atoms with Crippen LogP contribution in [0.15, 0.2) is 24.4 Å². The average Bonchev–Trinajstić information content (AvgIpc) is 3.26. The zero-order valence-corrected chi connectivity index (χ0v) is 25.8. The van der Waals surface area contributed by atoms with E-state index in [-0.39, 0.29) is 24.1 Å². The monoisotopic (exact) mass is 622 g/mol. The number of rotatable bonds is 6. The fraction of sp³-hybridized carbons (Fsp3) is 0.545. The molecule has 232 valence electrons. The minimum Gasteiger partial charge on any atom is -0.461 e. The molecule has 4 aliphatic rings. The van der Waals surface area contributed by atoms with Crippen LogP contribution in [-0.4, -0.2) is 80.3 Å². The van der Waals surface area contributed by atoms with Crippen molar-refractivity contribution >= 4 is 39.2 Å². The Labute approximate surface area is 259 Å². The Bertz CT molecular complexity index is 1780. The van der Waals surface area contributed by atoms with Crippen molar-refractivity contribution in [3.8, 4) is 17.1 Å². The molecule has 3 aliphatic heterocycles. The molecule has 0 spiro atoms. The third-order valence-corrected chi connectivity index (χ3v) is 10.8. The molecular formula is C33H37ClF2N6O2. The molecule has 44 heavy (non-hydrogen) atoms. The topological polar surface area (TPSA) is 90.4 Å². The maximum atomic E-state index is 17.0. The fourth-order valence-electron chi connectivity index (χ4n) is 8.12. The van der Waals surface area contributed by atoms with Gasteiger partial charge in [0.15, 0.2) is 5.82 Å². The maximum absolute atomic E-state index is 17.0. The number of H-pyrrole nitrogens is 1. The second kappa shape index (κ2) is 10.2. The van der Waals surface area contributed by atoms with Crippen molar-refractivity contribution in [3.63, 3.8) is 0 Å². The molecule has 8 nitrogen and oxygen atoms in total. The minimum atomic E-state index is -0.901. The van der Waals surface area contributed by atoms with E-state index < -0.39 is 23.1 Å². The second-order valence-corrected chi connectivity index (χ2v) is 14.2. The Morgan fingerprint density at radius 2 is 2.00 bits per heavy atom. The van der Waals surface area contributed by atoms with Gasteiger partial charge in [-0.2, -0.15) is 15.1 Å². The number of benzene rings is 2. The molecule has 1 aliphatic carbocycles. The lowest BCUT2D eigenvalue weighted by atomic mass is 9.91. The molecule has 0 radical (unpaired) electrons. The zero-order chi connectivity index (χ0) is 30.4. The van der Waals surface area contributed by atoms with E-state index in [1.807, 2.05) is 24.0 Å². The molecule has 2 N–H and O–H groups in total. The number of nitrogens with one attached hydrogen (secondary N) is 1. The summed E-state index contributed by atoms with van der Waals surface area (Å²) in [6, 6.07) is 5.59. The molecule has 5 atom stereocenters. The average molecular weight is 623 g/mol. The SMILES string of the molecule is C[C@@H]1C[C@@H]1c1c(Cl)cc2[nH]ncc2c1-c1ccc2c(N3CCC[C@@](C)(O)C3)nc(OC[C@@]34CCCN3C[C@H](F)C4)nc2c1F. The number of anilines is 1. The smallest absolute Gasteiger partial charge is 0.319 e. The predicted octanol–water partition coefficient (Wildman–Crippen LogP) is 6.40. The van der Waals surface area contributed by atoms with Gasteiger partial charge in [0, 0.05) is 53.0 Å². The van der Waals surface area contributed by atoms with E-state index in [9.17, 15) is 9.50 Å². The molecule has 3 saturated heterocycles. The number of piperidine rings is 1. The largest absolute Gasteiger partial charge is 0.461 e. The Morgan fingerprint density at radius 3 is 2.80 bits per heavy atom. The normalized spacial score (nSPS) is 30.4. The van der Waals surface area contributed by atoms with Crippen LogP contribution in [0.2, 0.25) is 5.02 Å². The summed E-state index contributed by atoms with van der Waals surface area (Å²) in [7, 11) is 0. The number of aliphatic hydroxyl groups is 1. The van der Waals surface area contributed by atoms with E-state index in [4.69, 9.17) is 21.3 Å². The van der Waals surface area contributed by atoms with Crippen LogP contribution in [0.25, 0.3) is 32.9 Å².